The molecule has 1 aromatic rings. The van der Waals surface area contributed by atoms with Crippen LogP contribution in [0.4, 0.5) is 0 Å². The lowest BCUT2D eigenvalue weighted by molar-refractivity contribution is 0.00916. The van der Waals surface area contributed by atoms with Gasteiger partial charge in [-0.1, -0.05) is 0 Å². The van der Waals surface area contributed by atoms with Gasteiger partial charge in [0.15, 0.2) is 0 Å². The summed E-state index contributed by atoms with van der Waals surface area (Å²) in [6.07, 6.45) is -1.16. The van der Waals surface area contributed by atoms with E-state index in [1.807, 2.05) is 45.2 Å². The molecule has 0 aliphatic carbocycles. The van der Waals surface area contributed by atoms with Crippen molar-refractivity contribution >= 4 is 79.7 Å². The van der Waals surface area contributed by atoms with Crippen LogP contribution in [0, 0.1) is 10.7 Å². The van der Waals surface area contributed by atoms with Gasteiger partial charge in [-0.2, -0.15) is 0 Å². The van der Waals surface area contributed by atoms with Crippen molar-refractivity contribution in [2.45, 2.75) is 6.10 Å². The van der Waals surface area contributed by atoms with Gasteiger partial charge in [-0.05, 0) is 73.8 Å². The molecule has 0 saturated carbocycles. The standard InChI is InChI=1S/C11H9I3O6/c12-5-1-6(13)8(9(14)7(5)10(17)18)11(19)20-3-4(16)2-15/h1,4,15-16H,2-3H2,(H,17,18). The summed E-state index contributed by atoms with van der Waals surface area (Å²) in [5.74, 6) is -1.86. The maximum absolute atomic E-state index is 12.0. The number of ether oxygens (including phenoxy) is 1. The normalized spacial score (nSPS) is 12.1. The number of carbonyl (C=O) groups is 2. The highest BCUT2D eigenvalue weighted by molar-refractivity contribution is 14.1. The van der Waals surface area contributed by atoms with Crippen molar-refractivity contribution in [2.75, 3.05) is 13.2 Å². The molecule has 1 rings (SSSR count). The summed E-state index contributed by atoms with van der Waals surface area (Å²) in [6.45, 7) is -0.871. The van der Waals surface area contributed by atoms with Crippen LogP contribution in [0.1, 0.15) is 20.7 Å². The van der Waals surface area contributed by atoms with E-state index in [0.29, 0.717) is 7.14 Å². The largest absolute Gasteiger partial charge is 0.478 e. The summed E-state index contributed by atoms with van der Waals surface area (Å²) in [4.78, 5) is 23.2. The quantitative estimate of drug-likeness (QED) is 0.344. The molecule has 0 saturated heterocycles. The van der Waals surface area contributed by atoms with E-state index in [2.05, 4.69) is 0 Å². The highest BCUT2D eigenvalue weighted by Crippen LogP contribution is 2.28. The Morgan fingerprint density at radius 2 is 1.75 bits per heavy atom. The summed E-state index contributed by atoms with van der Waals surface area (Å²) in [7, 11) is 0. The van der Waals surface area contributed by atoms with Crippen LogP contribution in [0.15, 0.2) is 6.07 Å². The Morgan fingerprint density at radius 3 is 2.25 bits per heavy atom. The summed E-state index contributed by atoms with van der Waals surface area (Å²) >= 11 is 5.59. The molecule has 0 aliphatic rings. The third kappa shape index (κ3) is 4.38. The fraction of sp³-hybridized carbons (Fsp3) is 0.273. The van der Waals surface area contributed by atoms with Crippen LogP contribution in [-0.2, 0) is 4.74 Å². The molecule has 6 nitrogen and oxygen atoms in total. The van der Waals surface area contributed by atoms with Gasteiger partial charge in [0, 0.05) is 10.7 Å². The second-order valence-electron chi connectivity index (χ2n) is 3.64. The number of rotatable bonds is 5. The van der Waals surface area contributed by atoms with Crippen LogP contribution >= 0.6 is 67.8 Å². The lowest BCUT2D eigenvalue weighted by atomic mass is 10.1. The fourth-order valence-corrected chi connectivity index (χ4v) is 5.54. The number of carboxylic acids is 1. The third-order valence-corrected chi connectivity index (χ3v) is 4.99. The van der Waals surface area contributed by atoms with Crippen molar-refractivity contribution in [1.29, 1.82) is 0 Å². The van der Waals surface area contributed by atoms with E-state index in [9.17, 15) is 9.59 Å². The number of carbonyl (C=O) groups excluding carboxylic acids is 1. The first-order chi connectivity index (χ1) is 9.29. The minimum absolute atomic E-state index is 0.0428. The smallest absolute Gasteiger partial charge is 0.340 e. The van der Waals surface area contributed by atoms with E-state index in [4.69, 9.17) is 20.1 Å². The highest BCUT2D eigenvalue weighted by Gasteiger charge is 2.24. The Bertz CT molecular complexity index is 545. The zero-order chi connectivity index (χ0) is 15.4. The van der Waals surface area contributed by atoms with E-state index >= 15 is 0 Å². The monoisotopic (exact) mass is 618 g/mol. The summed E-state index contributed by atoms with van der Waals surface area (Å²) in [5.41, 5.74) is 0.190. The van der Waals surface area contributed by atoms with E-state index in [1.54, 1.807) is 28.7 Å². The molecule has 110 valence electrons. The minimum atomic E-state index is -1.16. The number of hydrogen-bond donors (Lipinski definition) is 3. The van der Waals surface area contributed by atoms with Crippen molar-refractivity contribution in [3.63, 3.8) is 0 Å². The number of aromatic carboxylic acids is 1. The summed E-state index contributed by atoms with van der Waals surface area (Å²) in [5, 5.41) is 27.0. The highest BCUT2D eigenvalue weighted by atomic mass is 127. The number of carboxylic acid groups (broad SMARTS) is 1. The number of esters is 1. The fourth-order valence-electron chi connectivity index (χ4n) is 1.27. The van der Waals surface area contributed by atoms with Gasteiger partial charge in [0.25, 0.3) is 0 Å². The topological polar surface area (TPSA) is 104 Å². The second kappa shape index (κ2) is 8.05. The molecule has 9 heteroatoms. The first-order valence-corrected chi connectivity index (χ1v) is 8.40. The average Bonchev–Trinajstić information content (AvgIpc) is 2.34. The number of hydrogen-bond acceptors (Lipinski definition) is 5. The first-order valence-electron chi connectivity index (χ1n) is 5.16. The molecule has 1 atom stereocenters. The Kier molecular flexibility index (Phi) is 7.37. The Labute approximate surface area is 155 Å². The molecule has 0 aromatic heterocycles. The van der Waals surface area contributed by atoms with Gasteiger partial charge in [0.2, 0.25) is 0 Å². The van der Waals surface area contributed by atoms with Crippen molar-refractivity contribution in [3.8, 4) is 0 Å². The summed E-state index contributed by atoms with van der Waals surface area (Å²) < 4.78 is 6.23. The Morgan fingerprint density at radius 1 is 1.20 bits per heavy atom. The summed E-state index contributed by atoms with van der Waals surface area (Å²) in [6, 6.07) is 1.58. The lowest BCUT2D eigenvalue weighted by Crippen LogP contribution is -2.23. The Balaban J connectivity index is 3.15. The minimum Gasteiger partial charge on any atom is -0.478 e. The molecule has 0 bridgehead atoms. The van der Waals surface area contributed by atoms with Gasteiger partial charge in [-0.15, -0.1) is 0 Å². The van der Waals surface area contributed by atoms with Crippen molar-refractivity contribution in [2.24, 2.45) is 0 Å². The number of halogens is 3. The van der Waals surface area contributed by atoms with Crippen molar-refractivity contribution in [3.05, 3.63) is 27.9 Å². The molecular formula is C11H9I3O6. The predicted octanol–water partition coefficient (Wildman–Crippen LogP) is 1.71. The van der Waals surface area contributed by atoms with Crippen LogP contribution < -0.4 is 0 Å². The molecule has 0 radical (unpaired) electrons. The maximum Gasteiger partial charge on any atom is 0.340 e. The molecule has 0 fully saturated rings. The molecule has 1 aromatic carbocycles. The number of benzene rings is 1. The molecule has 0 aliphatic heterocycles. The van der Waals surface area contributed by atoms with Crippen LogP contribution in [0.25, 0.3) is 0 Å². The lowest BCUT2D eigenvalue weighted by Gasteiger charge is -2.13. The third-order valence-electron chi connectivity index (χ3n) is 2.21. The number of aliphatic hydroxyl groups is 2. The van der Waals surface area contributed by atoms with Gasteiger partial charge in [-0.25, -0.2) is 9.59 Å². The van der Waals surface area contributed by atoms with Gasteiger partial charge < -0.3 is 20.1 Å². The molecule has 0 heterocycles. The van der Waals surface area contributed by atoms with Crippen LogP contribution in [0.5, 0.6) is 0 Å². The zero-order valence-corrected chi connectivity index (χ0v) is 16.2. The second-order valence-corrected chi connectivity index (χ2v) is 7.05. The van der Waals surface area contributed by atoms with Gasteiger partial charge >= 0.3 is 11.9 Å². The SMILES string of the molecule is O=C(O)c1c(I)cc(I)c(C(=O)OCC(O)CO)c1I. The first kappa shape index (κ1) is 18.3. The molecule has 0 amide bonds. The van der Waals surface area contributed by atoms with E-state index < -0.39 is 24.6 Å². The van der Waals surface area contributed by atoms with Crippen LogP contribution in [-0.4, -0.2) is 46.6 Å². The zero-order valence-electron chi connectivity index (χ0n) is 9.77. The molecule has 20 heavy (non-hydrogen) atoms. The van der Waals surface area contributed by atoms with E-state index in [-0.39, 0.29) is 21.3 Å². The van der Waals surface area contributed by atoms with Crippen molar-refractivity contribution < 1.29 is 29.6 Å². The molecular weight excluding hydrogens is 609 g/mol. The van der Waals surface area contributed by atoms with Gasteiger partial charge in [-0.3, -0.25) is 0 Å². The average molecular weight is 618 g/mol. The Hall–Kier alpha value is 0.270. The van der Waals surface area contributed by atoms with Gasteiger partial charge in [0.05, 0.1) is 17.7 Å². The van der Waals surface area contributed by atoms with E-state index in [0.717, 1.165) is 0 Å². The molecule has 1 unspecified atom stereocenters. The van der Waals surface area contributed by atoms with Gasteiger partial charge in [0.1, 0.15) is 12.7 Å². The van der Waals surface area contributed by atoms with Crippen LogP contribution in [0.2, 0.25) is 0 Å². The number of aliphatic hydroxyl groups excluding tert-OH is 2. The van der Waals surface area contributed by atoms with E-state index in [1.165, 1.54) is 0 Å². The van der Waals surface area contributed by atoms with Crippen LogP contribution in [0.3, 0.4) is 0 Å². The van der Waals surface area contributed by atoms with Crippen molar-refractivity contribution in [1.82, 2.24) is 0 Å². The molecule has 3 N–H and O–H groups in total. The predicted molar refractivity (Wildman–Crippen MR) is 94.9 cm³/mol. The maximum atomic E-state index is 12.0. The molecule has 0 spiro atoms.